The maximum atomic E-state index is 9.17. The molecule has 1 aromatic carbocycles. The first kappa shape index (κ1) is 10.8. The van der Waals surface area contributed by atoms with Crippen LogP contribution in [0.3, 0.4) is 0 Å². The summed E-state index contributed by atoms with van der Waals surface area (Å²) in [6, 6.07) is 12.1. The molecule has 0 aliphatic rings. The molecule has 0 atom stereocenters. The largest absolute Gasteiger partial charge is 0.248 e. The van der Waals surface area contributed by atoms with Crippen molar-refractivity contribution in [2.24, 2.45) is 0 Å². The van der Waals surface area contributed by atoms with Crippen molar-refractivity contribution < 1.29 is 0 Å². The molecule has 0 aliphatic heterocycles. The molecule has 0 radical (unpaired) electrons. The molecule has 1 aromatic heterocycles. The van der Waals surface area contributed by atoms with Crippen molar-refractivity contribution in [1.82, 2.24) is 4.98 Å². The van der Waals surface area contributed by atoms with Gasteiger partial charge in [0.2, 0.25) is 0 Å². The number of pyridine rings is 1. The highest BCUT2D eigenvalue weighted by molar-refractivity contribution is 9.10. The van der Waals surface area contributed by atoms with Crippen LogP contribution in [0.5, 0.6) is 0 Å². The lowest BCUT2D eigenvalue weighted by Gasteiger charge is -2.08. The average molecular weight is 273 g/mol. The first-order chi connectivity index (χ1) is 7.74. The molecule has 3 heteroatoms. The molecule has 0 N–H and O–H groups in total. The molecular formula is C13H9BrN2. The number of benzene rings is 1. The van der Waals surface area contributed by atoms with Gasteiger partial charge in [0.15, 0.2) is 0 Å². The van der Waals surface area contributed by atoms with Crippen LogP contribution in [0, 0.1) is 18.3 Å². The SMILES string of the molecule is Cc1cnc(Br)c(C#N)c1-c1ccccc1. The maximum Gasteiger partial charge on any atom is 0.124 e. The normalized spacial score (nSPS) is 9.81. The summed E-state index contributed by atoms with van der Waals surface area (Å²) < 4.78 is 0.597. The first-order valence-electron chi connectivity index (χ1n) is 4.84. The lowest BCUT2D eigenvalue weighted by molar-refractivity contribution is 1.21. The third kappa shape index (κ3) is 1.84. The van der Waals surface area contributed by atoms with Crippen molar-refractivity contribution in [3.8, 4) is 17.2 Å². The van der Waals surface area contributed by atoms with Gasteiger partial charge in [-0.2, -0.15) is 5.26 Å². The van der Waals surface area contributed by atoms with Crippen LogP contribution < -0.4 is 0 Å². The van der Waals surface area contributed by atoms with Gasteiger partial charge in [0.05, 0.1) is 5.56 Å². The number of nitrogens with zero attached hydrogens (tertiary/aromatic N) is 2. The molecule has 2 rings (SSSR count). The molecule has 16 heavy (non-hydrogen) atoms. The number of hydrogen-bond donors (Lipinski definition) is 0. The topological polar surface area (TPSA) is 36.7 Å². The first-order valence-corrected chi connectivity index (χ1v) is 5.64. The van der Waals surface area contributed by atoms with E-state index in [4.69, 9.17) is 5.26 Å². The Bertz CT molecular complexity index is 556. The molecule has 1 heterocycles. The second-order valence-electron chi connectivity index (χ2n) is 3.46. The van der Waals surface area contributed by atoms with Gasteiger partial charge in [-0.1, -0.05) is 30.3 Å². The van der Waals surface area contributed by atoms with Crippen molar-refractivity contribution >= 4 is 15.9 Å². The summed E-state index contributed by atoms with van der Waals surface area (Å²) in [6.07, 6.45) is 1.77. The minimum absolute atomic E-state index is 0.589. The predicted octanol–water partition coefficient (Wildman–Crippen LogP) is 3.69. The molecule has 2 aromatic rings. The van der Waals surface area contributed by atoms with Crippen molar-refractivity contribution in [2.75, 3.05) is 0 Å². The third-order valence-corrected chi connectivity index (χ3v) is 3.00. The molecule has 0 saturated heterocycles. The Labute approximate surface area is 103 Å². The van der Waals surface area contributed by atoms with Crippen LogP contribution in [-0.4, -0.2) is 4.98 Å². The van der Waals surface area contributed by atoms with E-state index in [-0.39, 0.29) is 0 Å². The Morgan fingerprint density at radius 2 is 1.94 bits per heavy atom. The van der Waals surface area contributed by atoms with Gasteiger partial charge < -0.3 is 0 Å². The molecular weight excluding hydrogens is 264 g/mol. The lowest BCUT2D eigenvalue weighted by Crippen LogP contribution is -1.93. The second kappa shape index (κ2) is 4.46. The smallest absolute Gasteiger partial charge is 0.124 e. The zero-order valence-corrected chi connectivity index (χ0v) is 10.3. The highest BCUT2D eigenvalue weighted by Gasteiger charge is 2.12. The van der Waals surface area contributed by atoms with Crippen LogP contribution in [0.2, 0.25) is 0 Å². The highest BCUT2D eigenvalue weighted by atomic mass is 79.9. The Morgan fingerprint density at radius 3 is 2.56 bits per heavy atom. The minimum Gasteiger partial charge on any atom is -0.248 e. The molecule has 0 bridgehead atoms. The number of halogens is 1. The molecule has 0 amide bonds. The Hall–Kier alpha value is -1.66. The second-order valence-corrected chi connectivity index (χ2v) is 4.21. The fourth-order valence-electron chi connectivity index (χ4n) is 1.66. The molecule has 78 valence electrons. The highest BCUT2D eigenvalue weighted by Crippen LogP contribution is 2.30. The van der Waals surface area contributed by atoms with Crippen LogP contribution in [0.4, 0.5) is 0 Å². The third-order valence-electron chi connectivity index (χ3n) is 2.40. The zero-order valence-electron chi connectivity index (χ0n) is 8.74. The molecule has 0 saturated carbocycles. The van der Waals surface area contributed by atoms with Gasteiger partial charge in [0.1, 0.15) is 10.7 Å². The van der Waals surface area contributed by atoms with Crippen molar-refractivity contribution in [3.05, 3.63) is 52.3 Å². The molecule has 0 unspecified atom stereocenters. The summed E-state index contributed by atoms with van der Waals surface area (Å²) in [6.45, 7) is 1.96. The number of aromatic nitrogens is 1. The Morgan fingerprint density at radius 1 is 1.25 bits per heavy atom. The Balaban J connectivity index is 2.75. The van der Waals surface area contributed by atoms with E-state index in [1.807, 2.05) is 37.3 Å². The molecule has 0 spiro atoms. The number of aryl methyl sites for hydroxylation is 1. The van der Waals surface area contributed by atoms with E-state index in [0.29, 0.717) is 10.2 Å². The number of nitriles is 1. The summed E-state index contributed by atoms with van der Waals surface area (Å²) in [7, 11) is 0. The van der Waals surface area contributed by atoms with Gasteiger partial charge in [-0.05, 0) is 34.0 Å². The monoisotopic (exact) mass is 272 g/mol. The van der Waals surface area contributed by atoms with Crippen molar-refractivity contribution in [1.29, 1.82) is 5.26 Å². The summed E-state index contributed by atoms with van der Waals surface area (Å²) >= 11 is 3.31. The van der Waals surface area contributed by atoms with E-state index in [2.05, 4.69) is 27.0 Å². The fraction of sp³-hybridized carbons (Fsp3) is 0.0769. The number of hydrogen-bond acceptors (Lipinski definition) is 2. The summed E-state index contributed by atoms with van der Waals surface area (Å²) in [5.74, 6) is 0. The minimum atomic E-state index is 0.589. The van der Waals surface area contributed by atoms with Crippen LogP contribution in [0.15, 0.2) is 41.1 Å². The zero-order chi connectivity index (χ0) is 11.5. The van der Waals surface area contributed by atoms with E-state index in [1.165, 1.54) is 0 Å². The average Bonchev–Trinajstić information content (AvgIpc) is 2.33. The quantitative estimate of drug-likeness (QED) is 0.743. The summed E-state index contributed by atoms with van der Waals surface area (Å²) in [5, 5.41) is 9.17. The molecule has 0 fully saturated rings. The van der Waals surface area contributed by atoms with Gasteiger partial charge in [-0.15, -0.1) is 0 Å². The fourth-order valence-corrected chi connectivity index (χ4v) is 2.05. The summed E-state index contributed by atoms with van der Waals surface area (Å²) in [4.78, 5) is 4.13. The van der Waals surface area contributed by atoms with E-state index >= 15 is 0 Å². The van der Waals surface area contributed by atoms with Gasteiger partial charge in [-0.25, -0.2) is 4.98 Å². The van der Waals surface area contributed by atoms with Crippen LogP contribution in [0.1, 0.15) is 11.1 Å². The lowest BCUT2D eigenvalue weighted by atomic mass is 9.98. The van der Waals surface area contributed by atoms with Crippen LogP contribution >= 0.6 is 15.9 Å². The Kier molecular flexibility index (Phi) is 3.02. The predicted molar refractivity (Wildman–Crippen MR) is 66.8 cm³/mol. The van der Waals surface area contributed by atoms with Crippen LogP contribution in [-0.2, 0) is 0 Å². The summed E-state index contributed by atoms with van der Waals surface area (Å²) in [5.41, 5.74) is 3.58. The van der Waals surface area contributed by atoms with E-state index < -0.39 is 0 Å². The van der Waals surface area contributed by atoms with Gasteiger partial charge in [-0.3, -0.25) is 0 Å². The van der Waals surface area contributed by atoms with Crippen molar-refractivity contribution in [2.45, 2.75) is 6.92 Å². The number of rotatable bonds is 1. The van der Waals surface area contributed by atoms with Crippen molar-refractivity contribution in [3.63, 3.8) is 0 Å². The van der Waals surface area contributed by atoms with E-state index in [1.54, 1.807) is 6.20 Å². The standard InChI is InChI=1S/C13H9BrN2/c1-9-8-16-13(14)11(7-15)12(9)10-5-3-2-4-6-10/h2-6,8H,1H3. The van der Waals surface area contributed by atoms with Gasteiger partial charge in [0.25, 0.3) is 0 Å². The molecule has 2 nitrogen and oxygen atoms in total. The van der Waals surface area contributed by atoms with E-state index in [0.717, 1.165) is 16.7 Å². The maximum absolute atomic E-state index is 9.17. The van der Waals surface area contributed by atoms with Crippen LogP contribution in [0.25, 0.3) is 11.1 Å². The van der Waals surface area contributed by atoms with E-state index in [9.17, 15) is 0 Å². The van der Waals surface area contributed by atoms with Gasteiger partial charge >= 0.3 is 0 Å². The van der Waals surface area contributed by atoms with Gasteiger partial charge in [0, 0.05) is 11.8 Å². The molecule has 0 aliphatic carbocycles.